The lowest BCUT2D eigenvalue weighted by Crippen LogP contribution is -2.42. The number of aromatic nitrogens is 3. The fourth-order valence-corrected chi connectivity index (χ4v) is 4.95. The molecule has 7 heteroatoms. The van der Waals surface area contributed by atoms with Gasteiger partial charge in [-0.25, -0.2) is 9.97 Å². The van der Waals surface area contributed by atoms with Gasteiger partial charge in [0.1, 0.15) is 15.9 Å². The molecule has 4 rings (SSSR count). The van der Waals surface area contributed by atoms with Gasteiger partial charge in [-0.3, -0.25) is 9.20 Å². The van der Waals surface area contributed by atoms with Crippen LogP contribution < -0.4 is 0 Å². The summed E-state index contributed by atoms with van der Waals surface area (Å²) < 4.78 is 2.71. The molecule has 0 spiro atoms. The van der Waals surface area contributed by atoms with E-state index in [1.807, 2.05) is 10.6 Å². The number of amides is 1. The zero-order valence-electron chi connectivity index (χ0n) is 13.1. The Morgan fingerprint density at radius 3 is 2.96 bits per heavy atom. The highest BCUT2D eigenvalue weighted by molar-refractivity contribution is 9.10. The predicted molar refractivity (Wildman–Crippen MR) is 91.6 cm³/mol. The van der Waals surface area contributed by atoms with E-state index in [1.165, 1.54) is 0 Å². The minimum absolute atomic E-state index is 0.223. The maximum Gasteiger partial charge on any atom is 0.228 e. The summed E-state index contributed by atoms with van der Waals surface area (Å²) in [6, 6.07) is 0.383. The minimum atomic E-state index is -0.234. The number of piperidine rings is 1. The van der Waals surface area contributed by atoms with Crippen molar-refractivity contribution < 1.29 is 4.79 Å². The highest BCUT2D eigenvalue weighted by Crippen LogP contribution is 2.43. The van der Waals surface area contributed by atoms with Gasteiger partial charge in [-0.2, -0.15) is 0 Å². The van der Waals surface area contributed by atoms with Crippen LogP contribution in [0.1, 0.15) is 44.9 Å². The van der Waals surface area contributed by atoms with Crippen LogP contribution in [0.4, 0.5) is 0 Å². The molecule has 0 aliphatic carbocycles. The summed E-state index contributed by atoms with van der Waals surface area (Å²) in [5.41, 5.74) is 0.557. The molecule has 0 N–H and O–H groups in total. The molecule has 0 unspecified atom stereocenters. The summed E-state index contributed by atoms with van der Waals surface area (Å²) >= 11 is 9.68. The number of carbonyl (C=O) groups excluding carboxylic acids is 1. The second-order valence-corrected chi connectivity index (χ2v) is 8.28. The molecule has 0 radical (unpaired) electrons. The molecule has 0 bridgehead atoms. The van der Waals surface area contributed by atoms with E-state index in [-0.39, 0.29) is 17.2 Å². The van der Waals surface area contributed by atoms with Crippen LogP contribution in [-0.2, 0) is 4.79 Å². The lowest BCUT2D eigenvalue weighted by molar-refractivity contribution is -0.136. The highest BCUT2D eigenvalue weighted by atomic mass is 79.9. The topological polar surface area (TPSA) is 50.5 Å². The number of rotatable bonds is 1. The van der Waals surface area contributed by atoms with E-state index in [2.05, 4.69) is 44.6 Å². The summed E-state index contributed by atoms with van der Waals surface area (Å²) in [5.74, 6) is 1.44. The van der Waals surface area contributed by atoms with Crippen LogP contribution in [0.3, 0.4) is 0 Å². The van der Waals surface area contributed by atoms with Crippen molar-refractivity contribution in [2.75, 3.05) is 6.54 Å². The molecule has 1 amide bonds. The number of carbonyl (C=O) groups is 1. The molecule has 2 aliphatic rings. The van der Waals surface area contributed by atoms with E-state index in [4.69, 9.17) is 11.6 Å². The lowest BCUT2D eigenvalue weighted by atomic mass is 9.87. The van der Waals surface area contributed by atoms with Crippen LogP contribution in [0.25, 0.3) is 5.52 Å². The van der Waals surface area contributed by atoms with Crippen molar-refractivity contribution in [3.63, 3.8) is 0 Å². The van der Waals surface area contributed by atoms with Crippen molar-refractivity contribution in [1.82, 2.24) is 19.3 Å². The van der Waals surface area contributed by atoms with Gasteiger partial charge in [0.25, 0.3) is 0 Å². The Balaban J connectivity index is 1.71. The molecule has 0 saturated carbocycles. The number of fused-ring (bicyclic) bond motifs is 2. The van der Waals surface area contributed by atoms with E-state index >= 15 is 0 Å². The SMILES string of the molecule is CC1(C)C[C@@H]2CC[C@@H](c3nc(Br)c4c(Cl)nccn34)CN2C1=O. The summed E-state index contributed by atoms with van der Waals surface area (Å²) in [5, 5.41) is 0.435. The zero-order valence-corrected chi connectivity index (χ0v) is 15.4. The first kappa shape index (κ1) is 15.4. The molecule has 5 nitrogen and oxygen atoms in total. The van der Waals surface area contributed by atoms with Gasteiger partial charge < -0.3 is 4.90 Å². The third-order valence-corrected chi connectivity index (χ3v) is 5.98. The van der Waals surface area contributed by atoms with Gasteiger partial charge in [0, 0.05) is 36.3 Å². The largest absolute Gasteiger partial charge is 0.338 e. The Bertz CT molecular complexity index is 803. The van der Waals surface area contributed by atoms with Crippen LogP contribution in [0.5, 0.6) is 0 Å². The van der Waals surface area contributed by atoms with Gasteiger partial charge in [-0.15, -0.1) is 0 Å². The average Bonchev–Trinajstić information content (AvgIpc) is 2.95. The first-order valence-corrected chi connectivity index (χ1v) is 9.04. The van der Waals surface area contributed by atoms with Gasteiger partial charge >= 0.3 is 0 Å². The second-order valence-electron chi connectivity index (χ2n) is 7.17. The normalized spacial score (nSPS) is 26.8. The average molecular weight is 398 g/mol. The fourth-order valence-electron chi connectivity index (χ4n) is 4.04. The molecule has 2 aromatic heterocycles. The van der Waals surface area contributed by atoms with Crippen molar-refractivity contribution >= 4 is 39.0 Å². The van der Waals surface area contributed by atoms with Crippen LogP contribution >= 0.6 is 27.5 Å². The van der Waals surface area contributed by atoms with Crippen LogP contribution in [0, 0.1) is 5.41 Å². The lowest BCUT2D eigenvalue weighted by Gasteiger charge is -2.34. The van der Waals surface area contributed by atoms with Gasteiger partial charge in [-0.1, -0.05) is 25.4 Å². The van der Waals surface area contributed by atoms with Crippen molar-refractivity contribution in [2.24, 2.45) is 5.41 Å². The quantitative estimate of drug-likeness (QED) is 0.738. The molecule has 2 aromatic rings. The van der Waals surface area contributed by atoms with Crippen molar-refractivity contribution in [1.29, 1.82) is 0 Å². The Morgan fingerprint density at radius 2 is 2.17 bits per heavy atom. The van der Waals surface area contributed by atoms with Crippen LogP contribution in [-0.4, -0.2) is 37.8 Å². The smallest absolute Gasteiger partial charge is 0.228 e. The third-order valence-electron chi connectivity index (χ3n) is 5.15. The first-order valence-electron chi connectivity index (χ1n) is 7.87. The standard InChI is InChI=1S/C16H18BrClN4O/c1-16(2)7-10-4-3-9(8-22(10)15(16)23)14-20-12(17)11-13(18)19-5-6-21(11)14/h5-6,9-10H,3-4,7-8H2,1-2H3/t9-,10+/m1/s1. The van der Waals surface area contributed by atoms with Gasteiger partial charge in [-0.05, 0) is 35.2 Å². The molecule has 2 fully saturated rings. The second kappa shape index (κ2) is 5.18. The highest BCUT2D eigenvalue weighted by Gasteiger charge is 2.48. The van der Waals surface area contributed by atoms with Crippen molar-refractivity contribution in [2.45, 2.75) is 45.1 Å². The van der Waals surface area contributed by atoms with E-state index in [0.717, 1.165) is 37.1 Å². The summed E-state index contributed by atoms with van der Waals surface area (Å²) in [6.45, 7) is 4.84. The summed E-state index contributed by atoms with van der Waals surface area (Å²) in [4.78, 5) is 23.5. The van der Waals surface area contributed by atoms with Crippen LogP contribution in [0.2, 0.25) is 5.15 Å². The fraction of sp³-hybridized carbons (Fsp3) is 0.562. The number of halogens is 2. The molecule has 4 heterocycles. The molecule has 122 valence electrons. The number of nitrogens with zero attached hydrogens (tertiary/aromatic N) is 4. The van der Waals surface area contributed by atoms with E-state index in [1.54, 1.807) is 6.20 Å². The molecular formula is C16H18BrClN4O. The Labute approximate surface area is 148 Å². The van der Waals surface area contributed by atoms with Gasteiger partial charge in [0.15, 0.2) is 5.15 Å². The van der Waals surface area contributed by atoms with Gasteiger partial charge in [0.2, 0.25) is 5.91 Å². The maximum absolute atomic E-state index is 12.6. The molecular weight excluding hydrogens is 380 g/mol. The Morgan fingerprint density at radius 1 is 1.39 bits per heavy atom. The molecule has 0 aromatic carbocycles. The van der Waals surface area contributed by atoms with E-state index in [0.29, 0.717) is 15.8 Å². The molecule has 2 aliphatic heterocycles. The van der Waals surface area contributed by atoms with E-state index < -0.39 is 0 Å². The summed E-state index contributed by atoms with van der Waals surface area (Å²) in [6.07, 6.45) is 6.60. The van der Waals surface area contributed by atoms with Gasteiger partial charge in [0.05, 0.1) is 0 Å². The van der Waals surface area contributed by atoms with Crippen molar-refractivity contribution in [3.05, 3.63) is 28.0 Å². The number of hydrogen-bond acceptors (Lipinski definition) is 3. The number of imidazole rings is 1. The maximum atomic E-state index is 12.6. The molecule has 2 atom stereocenters. The minimum Gasteiger partial charge on any atom is -0.338 e. The monoisotopic (exact) mass is 396 g/mol. The van der Waals surface area contributed by atoms with Crippen molar-refractivity contribution in [3.8, 4) is 0 Å². The molecule has 23 heavy (non-hydrogen) atoms. The first-order chi connectivity index (χ1) is 10.9. The Kier molecular flexibility index (Phi) is 3.47. The molecule has 2 saturated heterocycles. The summed E-state index contributed by atoms with van der Waals surface area (Å²) in [7, 11) is 0. The number of hydrogen-bond donors (Lipinski definition) is 0. The zero-order chi connectivity index (χ0) is 16.4. The predicted octanol–water partition coefficient (Wildman–Crippen LogP) is 3.65. The Hall–Kier alpha value is -1.14. The van der Waals surface area contributed by atoms with Crippen LogP contribution in [0.15, 0.2) is 17.0 Å². The third kappa shape index (κ3) is 2.30. The van der Waals surface area contributed by atoms with E-state index in [9.17, 15) is 4.79 Å².